The Morgan fingerprint density at radius 2 is 1.37 bits per heavy atom. The molecule has 0 bridgehead atoms. The molecule has 0 amide bonds. The topological polar surface area (TPSA) is 100.0 Å². The molecule has 0 atom stereocenters. The molecule has 218 valence electrons. The third kappa shape index (κ3) is 4.83. The number of aryl methyl sites for hydroxylation is 4. The van der Waals surface area contributed by atoms with E-state index in [0.717, 1.165) is 48.9 Å². The summed E-state index contributed by atoms with van der Waals surface area (Å²) < 4.78 is 50.0. The molecule has 0 aliphatic carbocycles. The summed E-state index contributed by atoms with van der Waals surface area (Å²) in [5.41, 5.74) is 6.15. The van der Waals surface area contributed by atoms with E-state index in [9.17, 15) is 13.2 Å². The molecular weight excluding hydrogens is 716 g/mol. The van der Waals surface area contributed by atoms with E-state index in [2.05, 4.69) is 58.9 Å². The molecule has 15 heteroatoms. The first-order chi connectivity index (χ1) is 19.3. The van der Waals surface area contributed by atoms with Crippen LogP contribution in [0.3, 0.4) is 0 Å². The maximum absolute atomic E-state index is 13.9. The molecule has 5 aromatic rings. The number of alkyl halides is 3. The molecule has 0 aromatic carbocycles. The summed E-state index contributed by atoms with van der Waals surface area (Å²) in [6.45, 7) is 13.3. The fourth-order valence-corrected chi connectivity index (χ4v) is 6.52. The van der Waals surface area contributed by atoms with Crippen LogP contribution in [0.4, 0.5) is 13.2 Å². The molecule has 0 spiro atoms. The highest BCUT2D eigenvalue weighted by molar-refractivity contribution is 14.1. The molecule has 10 nitrogen and oxygen atoms in total. The molecule has 1 N–H and O–H groups in total. The lowest BCUT2D eigenvalue weighted by molar-refractivity contribution is -0.141. The van der Waals surface area contributed by atoms with Crippen LogP contribution in [0, 0.1) is 38.3 Å². The maximum Gasteiger partial charge on any atom is 0.437 e. The highest BCUT2D eigenvalue weighted by atomic mass is 127. The normalized spacial score (nSPS) is 12.2. The van der Waals surface area contributed by atoms with Crippen LogP contribution in [-0.2, 0) is 19.0 Å². The quantitative estimate of drug-likeness (QED) is 0.190. The highest BCUT2D eigenvalue weighted by Crippen LogP contribution is 2.36. The van der Waals surface area contributed by atoms with Crippen molar-refractivity contribution in [1.29, 1.82) is 0 Å². The first-order valence-electron chi connectivity index (χ1n) is 13.1. The molecule has 0 unspecified atom stereocenters. The Balaban J connectivity index is 1.73. The molecule has 5 heterocycles. The van der Waals surface area contributed by atoms with Crippen molar-refractivity contribution in [2.45, 2.75) is 73.9 Å². The largest absolute Gasteiger partial charge is 0.437 e. The van der Waals surface area contributed by atoms with Gasteiger partial charge in [-0.2, -0.15) is 38.7 Å². The predicted molar refractivity (Wildman–Crippen MR) is 160 cm³/mol. The fraction of sp³-hybridized carbons (Fsp3) is 0.423. The van der Waals surface area contributed by atoms with E-state index in [1.54, 1.807) is 18.5 Å². The zero-order valence-electron chi connectivity index (χ0n) is 23.6. The van der Waals surface area contributed by atoms with E-state index in [1.807, 2.05) is 50.0 Å². The summed E-state index contributed by atoms with van der Waals surface area (Å²) in [5, 5.41) is 25.1. The Morgan fingerprint density at radius 3 is 1.93 bits per heavy atom. The van der Waals surface area contributed by atoms with Crippen LogP contribution in [0.5, 0.6) is 0 Å². The van der Waals surface area contributed by atoms with Crippen LogP contribution in [0.2, 0.25) is 0 Å². The standard InChI is InChI=1S/C26H29BrF3IN10/c1-8-10-18-22(15(6)39(35-18)20-13(4)32-33-24(20)26(28,29)30)40-14(5)21(17(9-2)34-40)41-16(7)23(25(31)37-41)38-12(3)11-19(27)36-38/h11H,8-10H2,1-7H3,(H,32,33). The Morgan fingerprint density at radius 1 is 0.805 bits per heavy atom. The Labute approximate surface area is 256 Å². The number of hydrogen-bond donors (Lipinski definition) is 1. The van der Waals surface area contributed by atoms with Gasteiger partial charge in [-0.05, 0) is 92.0 Å². The summed E-state index contributed by atoms with van der Waals surface area (Å²) in [6, 6.07) is 1.94. The van der Waals surface area contributed by atoms with Gasteiger partial charge in [-0.15, -0.1) is 0 Å². The molecule has 0 aliphatic rings. The van der Waals surface area contributed by atoms with Crippen LogP contribution in [0.25, 0.3) is 22.7 Å². The zero-order valence-corrected chi connectivity index (χ0v) is 27.4. The lowest BCUT2D eigenvalue weighted by Crippen LogP contribution is -2.12. The van der Waals surface area contributed by atoms with E-state index in [-0.39, 0.29) is 11.4 Å². The highest BCUT2D eigenvalue weighted by Gasteiger charge is 2.39. The van der Waals surface area contributed by atoms with Crippen LogP contribution in [0.15, 0.2) is 10.7 Å². The van der Waals surface area contributed by atoms with Crippen molar-refractivity contribution in [2.24, 2.45) is 0 Å². The number of hydrogen-bond acceptors (Lipinski definition) is 5. The molecule has 0 saturated carbocycles. The van der Waals surface area contributed by atoms with Crippen LogP contribution < -0.4 is 0 Å². The first kappa shape index (κ1) is 29.5. The van der Waals surface area contributed by atoms with Gasteiger partial charge in [-0.25, -0.2) is 18.7 Å². The number of aromatic amines is 1. The summed E-state index contributed by atoms with van der Waals surface area (Å²) in [4.78, 5) is 0. The number of aromatic nitrogens is 10. The van der Waals surface area contributed by atoms with Crippen molar-refractivity contribution in [2.75, 3.05) is 0 Å². The van der Waals surface area contributed by atoms with E-state index in [0.29, 0.717) is 29.9 Å². The van der Waals surface area contributed by atoms with Crippen molar-refractivity contribution in [3.63, 3.8) is 0 Å². The molecule has 5 aromatic heterocycles. The van der Waals surface area contributed by atoms with Gasteiger partial charge in [0.2, 0.25) is 0 Å². The molecule has 0 fully saturated rings. The average Bonchev–Trinajstić information content (AvgIpc) is 3.66. The summed E-state index contributed by atoms with van der Waals surface area (Å²) in [6.07, 6.45) is -2.70. The van der Waals surface area contributed by atoms with Crippen molar-refractivity contribution in [3.8, 4) is 22.7 Å². The second-order valence-corrected chi connectivity index (χ2v) is 11.7. The zero-order chi connectivity index (χ0) is 30.0. The molecular formula is C26H29BrF3IN10. The van der Waals surface area contributed by atoms with Gasteiger partial charge < -0.3 is 0 Å². The first-order valence-corrected chi connectivity index (χ1v) is 14.9. The van der Waals surface area contributed by atoms with Crippen molar-refractivity contribution < 1.29 is 13.2 Å². The fourth-order valence-electron chi connectivity index (χ4n) is 5.20. The minimum absolute atomic E-state index is 0.109. The van der Waals surface area contributed by atoms with Crippen molar-refractivity contribution >= 4 is 38.5 Å². The minimum atomic E-state index is -4.64. The van der Waals surface area contributed by atoms with Gasteiger partial charge in [0.15, 0.2) is 5.69 Å². The predicted octanol–water partition coefficient (Wildman–Crippen LogP) is 6.60. The summed E-state index contributed by atoms with van der Waals surface area (Å²) in [5.74, 6) is 0. The monoisotopic (exact) mass is 744 g/mol. The molecule has 0 radical (unpaired) electrons. The number of nitrogens with zero attached hydrogens (tertiary/aromatic N) is 9. The van der Waals surface area contributed by atoms with Gasteiger partial charge in [0, 0.05) is 5.69 Å². The Bertz CT molecular complexity index is 1770. The second-order valence-electron chi connectivity index (χ2n) is 9.89. The maximum atomic E-state index is 13.9. The summed E-state index contributed by atoms with van der Waals surface area (Å²) >= 11 is 5.67. The lowest BCUT2D eigenvalue weighted by atomic mass is 10.2. The van der Waals surface area contributed by atoms with Gasteiger partial charge in [0.1, 0.15) is 31.1 Å². The second kappa shape index (κ2) is 10.7. The number of H-pyrrole nitrogens is 1. The molecule has 0 saturated heterocycles. The Kier molecular flexibility index (Phi) is 7.72. The van der Waals surface area contributed by atoms with Crippen LogP contribution in [-0.4, -0.2) is 49.3 Å². The van der Waals surface area contributed by atoms with Gasteiger partial charge in [-0.1, -0.05) is 20.3 Å². The molecule has 41 heavy (non-hydrogen) atoms. The molecule has 5 rings (SSSR count). The average molecular weight is 745 g/mol. The number of rotatable bonds is 7. The van der Waals surface area contributed by atoms with Gasteiger partial charge in [0.05, 0.1) is 34.2 Å². The number of halogens is 5. The van der Waals surface area contributed by atoms with Crippen LogP contribution >= 0.6 is 38.5 Å². The third-order valence-electron chi connectivity index (χ3n) is 7.06. The van der Waals surface area contributed by atoms with E-state index in [4.69, 9.17) is 10.2 Å². The van der Waals surface area contributed by atoms with Gasteiger partial charge in [-0.3, -0.25) is 5.10 Å². The van der Waals surface area contributed by atoms with Crippen molar-refractivity contribution in [3.05, 3.63) is 59.9 Å². The smallest absolute Gasteiger partial charge is 0.280 e. The lowest BCUT2D eigenvalue weighted by Gasteiger charge is -2.10. The van der Waals surface area contributed by atoms with E-state index >= 15 is 0 Å². The van der Waals surface area contributed by atoms with Gasteiger partial charge in [0.25, 0.3) is 0 Å². The molecule has 0 aliphatic heterocycles. The van der Waals surface area contributed by atoms with Gasteiger partial charge >= 0.3 is 6.18 Å². The van der Waals surface area contributed by atoms with E-state index in [1.165, 1.54) is 4.68 Å². The number of nitrogens with one attached hydrogen (secondary N) is 1. The third-order valence-corrected chi connectivity index (χ3v) is 8.18. The van der Waals surface area contributed by atoms with Crippen molar-refractivity contribution in [1.82, 2.24) is 49.3 Å². The SMILES string of the molecule is CCCc1nn(-c2c(C(F)(F)F)n[nH]c2C)c(C)c1-n1nc(CC)c(-n2nc(I)c(-n3nc(Br)cc3C)c2C)c1C. The van der Waals surface area contributed by atoms with Crippen LogP contribution in [0.1, 0.15) is 65.8 Å². The minimum Gasteiger partial charge on any atom is -0.280 e. The van der Waals surface area contributed by atoms with E-state index < -0.39 is 11.9 Å². The Hall–Kier alpha value is -2.95. The summed E-state index contributed by atoms with van der Waals surface area (Å²) in [7, 11) is 0.